The molecule has 0 saturated carbocycles. The number of methoxy groups -OCH3 is 2. The lowest BCUT2D eigenvalue weighted by atomic mass is 10.2. The number of carbonyl (C=O) groups excluding carboxylic acids is 1. The summed E-state index contributed by atoms with van der Waals surface area (Å²) in [6.45, 7) is 1.89. The molecule has 2 rings (SSSR count). The van der Waals surface area contributed by atoms with Crippen LogP contribution in [0.5, 0.6) is 11.5 Å². The smallest absolute Gasteiger partial charge is 0.246 e. The summed E-state index contributed by atoms with van der Waals surface area (Å²) in [6, 6.07) is 3.38. The number of ether oxygens (including phenoxy) is 2. The summed E-state index contributed by atoms with van der Waals surface area (Å²) < 4.78 is 10.4. The molecule has 1 aromatic carbocycles. The summed E-state index contributed by atoms with van der Waals surface area (Å²) in [7, 11) is 3.03. The molecule has 0 radical (unpaired) electrons. The second kappa shape index (κ2) is 7.94. The first-order valence-corrected chi connectivity index (χ1v) is 7.93. The SMILES string of the molecule is COc1cc(/C=N\NC(=O)Cc2csc(C)n2)cc(Cl)c1OC. The van der Waals surface area contributed by atoms with Gasteiger partial charge in [0.1, 0.15) is 0 Å². The van der Waals surface area contributed by atoms with Crippen molar-refractivity contribution in [1.82, 2.24) is 10.4 Å². The number of aryl methyl sites for hydroxylation is 1. The van der Waals surface area contributed by atoms with Crippen molar-refractivity contribution in [1.29, 1.82) is 0 Å². The number of hydrogen-bond donors (Lipinski definition) is 1. The van der Waals surface area contributed by atoms with Crippen LogP contribution in [0.3, 0.4) is 0 Å². The average Bonchev–Trinajstić information content (AvgIpc) is 2.91. The van der Waals surface area contributed by atoms with Crippen molar-refractivity contribution < 1.29 is 14.3 Å². The Morgan fingerprint density at radius 3 is 2.83 bits per heavy atom. The second-order valence-corrected chi connectivity index (χ2v) is 6.04. The molecule has 0 fully saturated rings. The van der Waals surface area contributed by atoms with Crippen molar-refractivity contribution in [3.8, 4) is 11.5 Å². The van der Waals surface area contributed by atoms with Crippen LogP contribution in [0.2, 0.25) is 5.02 Å². The minimum atomic E-state index is -0.238. The largest absolute Gasteiger partial charge is 0.493 e. The molecule has 6 nitrogen and oxygen atoms in total. The van der Waals surface area contributed by atoms with Gasteiger partial charge in [-0.3, -0.25) is 4.79 Å². The number of halogens is 1. The standard InChI is InChI=1S/C15H16ClN3O3S/c1-9-18-11(8-23-9)6-14(20)19-17-7-10-4-12(16)15(22-3)13(5-10)21-2/h4-5,7-8H,6H2,1-3H3,(H,19,20)/b17-7-. The lowest BCUT2D eigenvalue weighted by Crippen LogP contribution is -2.19. The zero-order valence-electron chi connectivity index (χ0n) is 12.9. The van der Waals surface area contributed by atoms with Gasteiger partial charge in [-0.1, -0.05) is 11.6 Å². The van der Waals surface area contributed by atoms with E-state index in [9.17, 15) is 4.79 Å². The molecule has 1 amide bonds. The summed E-state index contributed by atoms with van der Waals surface area (Å²) in [6.07, 6.45) is 1.67. The molecular formula is C15H16ClN3O3S. The minimum Gasteiger partial charge on any atom is -0.493 e. The molecule has 23 heavy (non-hydrogen) atoms. The van der Waals surface area contributed by atoms with E-state index in [1.165, 1.54) is 31.8 Å². The molecule has 8 heteroatoms. The van der Waals surface area contributed by atoms with Gasteiger partial charge in [-0.25, -0.2) is 10.4 Å². The van der Waals surface area contributed by atoms with Crippen LogP contribution in [0.4, 0.5) is 0 Å². The Balaban J connectivity index is 2.00. The summed E-state index contributed by atoms with van der Waals surface area (Å²) in [4.78, 5) is 16.0. The predicted octanol–water partition coefficient (Wildman–Crippen LogP) is 2.81. The fourth-order valence-corrected chi connectivity index (χ4v) is 2.79. The van der Waals surface area contributed by atoms with Crippen molar-refractivity contribution >= 4 is 35.1 Å². The number of hydrazone groups is 1. The number of nitrogens with one attached hydrogen (secondary N) is 1. The Morgan fingerprint density at radius 2 is 2.22 bits per heavy atom. The fraction of sp³-hybridized carbons (Fsp3) is 0.267. The number of rotatable bonds is 6. The first kappa shape index (κ1) is 17.2. The van der Waals surface area contributed by atoms with E-state index in [0.717, 1.165) is 10.7 Å². The molecule has 0 aliphatic rings. The van der Waals surface area contributed by atoms with E-state index in [0.29, 0.717) is 22.1 Å². The predicted molar refractivity (Wildman–Crippen MR) is 90.8 cm³/mol. The number of amides is 1. The lowest BCUT2D eigenvalue weighted by Gasteiger charge is -2.09. The van der Waals surface area contributed by atoms with Crippen molar-refractivity contribution in [2.45, 2.75) is 13.3 Å². The van der Waals surface area contributed by atoms with Gasteiger partial charge in [0.2, 0.25) is 5.91 Å². The van der Waals surface area contributed by atoms with Crippen LogP contribution in [-0.2, 0) is 11.2 Å². The van der Waals surface area contributed by atoms with Crippen LogP contribution in [0.25, 0.3) is 0 Å². The number of thiazole rings is 1. The lowest BCUT2D eigenvalue weighted by molar-refractivity contribution is -0.120. The van der Waals surface area contributed by atoms with Gasteiger partial charge in [0.25, 0.3) is 0 Å². The molecule has 0 saturated heterocycles. The van der Waals surface area contributed by atoms with Crippen molar-refractivity contribution in [3.63, 3.8) is 0 Å². The molecule has 1 N–H and O–H groups in total. The molecule has 0 aliphatic carbocycles. The first-order valence-electron chi connectivity index (χ1n) is 6.68. The third-order valence-electron chi connectivity index (χ3n) is 2.87. The van der Waals surface area contributed by atoms with Gasteiger partial charge < -0.3 is 9.47 Å². The average molecular weight is 354 g/mol. The highest BCUT2D eigenvalue weighted by Crippen LogP contribution is 2.35. The highest BCUT2D eigenvalue weighted by molar-refractivity contribution is 7.09. The Hall–Kier alpha value is -2.12. The highest BCUT2D eigenvalue weighted by atomic mass is 35.5. The number of hydrogen-bond acceptors (Lipinski definition) is 6. The third-order valence-corrected chi connectivity index (χ3v) is 3.97. The topological polar surface area (TPSA) is 72.8 Å². The molecule has 122 valence electrons. The van der Waals surface area contributed by atoms with E-state index in [4.69, 9.17) is 21.1 Å². The van der Waals surface area contributed by atoms with Crippen molar-refractivity contribution in [2.75, 3.05) is 14.2 Å². The zero-order chi connectivity index (χ0) is 16.8. The molecular weight excluding hydrogens is 338 g/mol. The van der Waals surface area contributed by atoms with E-state index >= 15 is 0 Å². The number of carbonyl (C=O) groups is 1. The maximum absolute atomic E-state index is 11.8. The summed E-state index contributed by atoms with van der Waals surface area (Å²) in [5.74, 6) is 0.707. The Morgan fingerprint density at radius 1 is 1.43 bits per heavy atom. The maximum Gasteiger partial charge on any atom is 0.246 e. The highest BCUT2D eigenvalue weighted by Gasteiger charge is 2.10. The van der Waals surface area contributed by atoms with Gasteiger partial charge >= 0.3 is 0 Å². The molecule has 1 heterocycles. The number of nitrogens with zero attached hydrogens (tertiary/aromatic N) is 2. The molecule has 2 aromatic rings. The van der Waals surface area contributed by atoms with Gasteiger partial charge in [0.15, 0.2) is 11.5 Å². The van der Waals surface area contributed by atoms with Gasteiger partial charge in [0.05, 0.1) is 42.6 Å². The number of benzene rings is 1. The van der Waals surface area contributed by atoms with Gasteiger partial charge in [0, 0.05) is 5.38 Å². The van der Waals surface area contributed by atoms with Crippen LogP contribution in [0.1, 0.15) is 16.3 Å². The molecule has 0 unspecified atom stereocenters. The maximum atomic E-state index is 11.8. The summed E-state index contributed by atoms with van der Waals surface area (Å²) in [5, 5.41) is 7.09. The molecule has 1 aromatic heterocycles. The summed E-state index contributed by atoms with van der Waals surface area (Å²) >= 11 is 7.61. The van der Waals surface area contributed by atoms with E-state index in [1.54, 1.807) is 12.1 Å². The van der Waals surface area contributed by atoms with E-state index in [2.05, 4.69) is 15.5 Å². The first-order chi connectivity index (χ1) is 11.0. The Bertz CT molecular complexity index is 731. The van der Waals surface area contributed by atoms with Crippen molar-refractivity contribution in [2.24, 2.45) is 5.10 Å². The zero-order valence-corrected chi connectivity index (χ0v) is 14.5. The molecule has 0 spiro atoms. The van der Waals surface area contributed by atoms with Crippen LogP contribution in [0, 0.1) is 6.92 Å². The minimum absolute atomic E-state index is 0.189. The molecule has 0 aliphatic heterocycles. The third kappa shape index (κ3) is 4.67. The quantitative estimate of drug-likeness (QED) is 0.640. The van der Waals surface area contributed by atoms with Crippen LogP contribution in [0.15, 0.2) is 22.6 Å². The van der Waals surface area contributed by atoms with Gasteiger partial charge in [-0.2, -0.15) is 5.10 Å². The van der Waals surface area contributed by atoms with Crippen LogP contribution in [-0.4, -0.2) is 31.3 Å². The normalized spacial score (nSPS) is 10.8. The van der Waals surface area contributed by atoms with Crippen LogP contribution >= 0.6 is 22.9 Å². The number of aromatic nitrogens is 1. The Labute approximate surface area is 143 Å². The monoisotopic (exact) mass is 353 g/mol. The fourth-order valence-electron chi connectivity index (χ4n) is 1.88. The second-order valence-electron chi connectivity index (χ2n) is 4.57. The van der Waals surface area contributed by atoms with E-state index < -0.39 is 0 Å². The Kier molecular flexibility index (Phi) is 5.95. The summed E-state index contributed by atoms with van der Waals surface area (Å²) in [5.41, 5.74) is 3.86. The van der Waals surface area contributed by atoms with Gasteiger partial charge in [-0.15, -0.1) is 11.3 Å². The molecule has 0 atom stereocenters. The van der Waals surface area contributed by atoms with E-state index in [1.807, 2.05) is 12.3 Å². The van der Waals surface area contributed by atoms with Crippen LogP contribution < -0.4 is 14.9 Å². The molecule has 0 bridgehead atoms. The van der Waals surface area contributed by atoms with Gasteiger partial charge in [-0.05, 0) is 24.6 Å². The van der Waals surface area contributed by atoms with Crippen molar-refractivity contribution in [3.05, 3.63) is 38.8 Å². The van der Waals surface area contributed by atoms with E-state index in [-0.39, 0.29) is 12.3 Å².